The number of nitriles is 1. The molecule has 0 bridgehead atoms. The largest absolute Gasteiger partial charge is 0.505 e. The SMILES string of the molecule is CC(C)(C#N)CNCc1ccc(O)c(F)c1. The molecule has 0 unspecified atom stereocenters. The number of phenols is 1. The van der Waals surface area contributed by atoms with Gasteiger partial charge in [-0.1, -0.05) is 6.07 Å². The second-order valence-electron chi connectivity index (χ2n) is 4.39. The van der Waals surface area contributed by atoms with Crippen LogP contribution in [0.1, 0.15) is 19.4 Å². The van der Waals surface area contributed by atoms with Crippen molar-refractivity contribution < 1.29 is 9.50 Å². The molecule has 1 rings (SSSR count). The Bertz CT molecular complexity index is 410. The molecule has 0 aromatic heterocycles. The third kappa shape index (κ3) is 3.52. The van der Waals surface area contributed by atoms with Gasteiger partial charge >= 0.3 is 0 Å². The topological polar surface area (TPSA) is 56.0 Å². The summed E-state index contributed by atoms with van der Waals surface area (Å²) < 4.78 is 13.0. The van der Waals surface area contributed by atoms with E-state index in [9.17, 15) is 4.39 Å². The first-order chi connectivity index (χ1) is 7.44. The van der Waals surface area contributed by atoms with Gasteiger partial charge in [-0.2, -0.15) is 5.26 Å². The van der Waals surface area contributed by atoms with Gasteiger partial charge in [0.05, 0.1) is 11.5 Å². The molecule has 1 aromatic rings. The van der Waals surface area contributed by atoms with Crippen LogP contribution in [0.4, 0.5) is 4.39 Å². The summed E-state index contributed by atoms with van der Waals surface area (Å²) in [6, 6.07) is 6.42. The maximum atomic E-state index is 13.0. The van der Waals surface area contributed by atoms with Crippen molar-refractivity contribution in [3.8, 4) is 11.8 Å². The van der Waals surface area contributed by atoms with Gasteiger partial charge in [0, 0.05) is 13.1 Å². The van der Waals surface area contributed by atoms with Crippen LogP contribution in [0.3, 0.4) is 0 Å². The summed E-state index contributed by atoms with van der Waals surface area (Å²) >= 11 is 0. The highest BCUT2D eigenvalue weighted by atomic mass is 19.1. The van der Waals surface area contributed by atoms with Crippen LogP contribution in [0, 0.1) is 22.6 Å². The molecule has 1 aromatic carbocycles. The predicted octanol–water partition coefficient (Wildman–Crippen LogP) is 2.17. The monoisotopic (exact) mass is 222 g/mol. The van der Waals surface area contributed by atoms with Crippen molar-refractivity contribution in [3.05, 3.63) is 29.6 Å². The standard InChI is InChI=1S/C12H15FN2O/c1-12(2,7-14)8-15-6-9-3-4-11(16)10(13)5-9/h3-5,15-16H,6,8H2,1-2H3. The van der Waals surface area contributed by atoms with Crippen molar-refractivity contribution in [1.29, 1.82) is 5.26 Å². The molecular formula is C12H15FN2O. The van der Waals surface area contributed by atoms with Crippen LogP contribution in [0.25, 0.3) is 0 Å². The maximum Gasteiger partial charge on any atom is 0.165 e. The predicted molar refractivity (Wildman–Crippen MR) is 59.2 cm³/mol. The second kappa shape index (κ2) is 4.95. The number of hydrogen-bond acceptors (Lipinski definition) is 3. The third-order valence-electron chi connectivity index (χ3n) is 2.21. The second-order valence-corrected chi connectivity index (χ2v) is 4.39. The Kier molecular flexibility index (Phi) is 3.86. The van der Waals surface area contributed by atoms with E-state index in [1.54, 1.807) is 6.07 Å². The number of aromatic hydroxyl groups is 1. The average molecular weight is 222 g/mol. The normalized spacial score (nSPS) is 11.1. The molecule has 2 N–H and O–H groups in total. The van der Waals surface area contributed by atoms with Crippen LogP contribution in [0.2, 0.25) is 0 Å². The lowest BCUT2D eigenvalue weighted by Crippen LogP contribution is -2.27. The van der Waals surface area contributed by atoms with Crippen molar-refractivity contribution in [1.82, 2.24) is 5.32 Å². The molecule has 0 aliphatic rings. The Labute approximate surface area is 94.5 Å². The zero-order valence-corrected chi connectivity index (χ0v) is 9.42. The highest BCUT2D eigenvalue weighted by Crippen LogP contribution is 2.16. The maximum absolute atomic E-state index is 13.0. The molecule has 4 heteroatoms. The third-order valence-corrected chi connectivity index (χ3v) is 2.21. The van der Waals surface area contributed by atoms with Crippen molar-refractivity contribution in [2.75, 3.05) is 6.54 Å². The number of rotatable bonds is 4. The number of benzene rings is 1. The summed E-state index contributed by atoms with van der Waals surface area (Å²) in [5, 5.41) is 20.9. The van der Waals surface area contributed by atoms with Crippen LogP contribution in [0.5, 0.6) is 5.75 Å². The van der Waals surface area contributed by atoms with E-state index < -0.39 is 11.2 Å². The molecule has 0 atom stereocenters. The lowest BCUT2D eigenvalue weighted by molar-refractivity contribution is 0.429. The van der Waals surface area contributed by atoms with Crippen molar-refractivity contribution in [2.24, 2.45) is 5.41 Å². The lowest BCUT2D eigenvalue weighted by atomic mass is 9.96. The van der Waals surface area contributed by atoms with E-state index in [-0.39, 0.29) is 5.75 Å². The average Bonchev–Trinajstić information content (AvgIpc) is 2.23. The minimum Gasteiger partial charge on any atom is -0.505 e. The van der Waals surface area contributed by atoms with Gasteiger partial charge in [0.25, 0.3) is 0 Å². The first-order valence-electron chi connectivity index (χ1n) is 5.04. The summed E-state index contributed by atoms with van der Waals surface area (Å²) in [6.07, 6.45) is 0. The Morgan fingerprint density at radius 2 is 2.19 bits per heavy atom. The molecule has 86 valence electrons. The molecule has 0 heterocycles. The molecule has 16 heavy (non-hydrogen) atoms. The Balaban J connectivity index is 2.50. The summed E-state index contributed by atoms with van der Waals surface area (Å²) in [5.41, 5.74) is 0.305. The molecule has 0 saturated heterocycles. The first-order valence-corrected chi connectivity index (χ1v) is 5.04. The minimum absolute atomic E-state index is 0.346. The molecule has 0 spiro atoms. The summed E-state index contributed by atoms with van der Waals surface area (Å²) in [5.74, 6) is -0.972. The molecule has 0 radical (unpaired) electrons. The molecule has 0 fully saturated rings. The van der Waals surface area contributed by atoms with Crippen molar-refractivity contribution in [3.63, 3.8) is 0 Å². The van der Waals surface area contributed by atoms with Gasteiger partial charge in [-0.25, -0.2) is 4.39 Å². The zero-order valence-electron chi connectivity index (χ0n) is 9.42. The van der Waals surface area contributed by atoms with E-state index in [2.05, 4.69) is 11.4 Å². The Morgan fingerprint density at radius 3 is 2.75 bits per heavy atom. The van der Waals surface area contributed by atoms with Gasteiger partial charge < -0.3 is 10.4 Å². The lowest BCUT2D eigenvalue weighted by Gasteiger charge is -2.15. The van der Waals surface area contributed by atoms with Crippen LogP contribution >= 0.6 is 0 Å². The molecule has 0 saturated carbocycles. The van der Waals surface area contributed by atoms with Gasteiger partial charge in [0.1, 0.15) is 0 Å². The number of hydrogen-bond donors (Lipinski definition) is 2. The van der Waals surface area contributed by atoms with E-state index in [0.29, 0.717) is 13.1 Å². The molecule has 3 nitrogen and oxygen atoms in total. The van der Waals surface area contributed by atoms with Gasteiger partial charge in [-0.15, -0.1) is 0 Å². The number of phenolic OH excluding ortho intramolecular Hbond substituents is 1. The van der Waals surface area contributed by atoms with Crippen molar-refractivity contribution in [2.45, 2.75) is 20.4 Å². The zero-order chi connectivity index (χ0) is 12.2. The van der Waals surface area contributed by atoms with E-state index in [0.717, 1.165) is 5.56 Å². The van der Waals surface area contributed by atoms with E-state index in [1.165, 1.54) is 12.1 Å². The van der Waals surface area contributed by atoms with Crippen molar-refractivity contribution >= 4 is 0 Å². The number of halogens is 1. The van der Waals surface area contributed by atoms with Gasteiger partial charge in [0.15, 0.2) is 11.6 Å². The highest BCUT2D eigenvalue weighted by Gasteiger charge is 2.15. The van der Waals surface area contributed by atoms with Crippen LogP contribution in [0.15, 0.2) is 18.2 Å². The Morgan fingerprint density at radius 1 is 1.50 bits per heavy atom. The molecule has 0 amide bonds. The van der Waals surface area contributed by atoms with Crippen LogP contribution < -0.4 is 5.32 Å². The van der Waals surface area contributed by atoms with Gasteiger partial charge in [0.2, 0.25) is 0 Å². The number of nitrogens with one attached hydrogen (secondary N) is 1. The minimum atomic E-state index is -0.626. The summed E-state index contributed by atoms with van der Waals surface area (Å²) in [6.45, 7) is 4.67. The van der Waals surface area contributed by atoms with E-state index in [4.69, 9.17) is 10.4 Å². The van der Waals surface area contributed by atoms with Gasteiger partial charge in [-0.3, -0.25) is 0 Å². The quantitative estimate of drug-likeness (QED) is 0.820. The van der Waals surface area contributed by atoms with Gasteiger partial charge in [-0.05, 0) is 31.5 Å². The molecular weight excluding hydrogens is 207 g/mol. The number of nitrogens with zero attached hydrogens (tertiary/aromatic N) is 1. The van der Waals surface area contributed by atoms with Crippen LogP contribution in [-0.2, 0) is 6.54 Å². The fourth-order valence-corrected chi connectivity index (χ4v) is 1.22. The molecule has 0 aliphatic heterocycles. The van der Waals surface area contributed by atoms with Crippen LogP contribution in [-0.4, -0.2) is 11.7 Å². The summed E-state index contributed by atoms with van der Waals surface area (Å²) in [4.78, 5) is 0. The Hall–Kier alpha value is -1.60. The summed E-state index contributed by atoms with van der Waals surface area (Å²) in [7, 11) is 0. The first kappa shape index (κ1) is 12.5. The molecule has 0 aliphatic carbocycles. The fourth-order valence-electron chi connectivity index (χ4n) is 1.22. The smallest absolute Gasteiger partial charge is 0.165 e. The fraction of sp³-hybridized carbons (Fsp3) is 0.417. The van der Waals surface area contributed by atoms with E-state index >= 15 is 0 Å². The highest BCUT2D eigenvalue weighted by molar-refractivity contribution is 5.27. The van der Waals surface area contributed by atoms with E-state index in [1.807, 2.05) is 13.8 Å².